The van der Waals surface area contributed by atoms with Crippen molar-refractivity contribution in [2.75, 3.05) is 13.1 Å². The van der Waals surface area contributed by atoms with Crippen molar-refractivity contribution in [3.8, 4) is 6.07 Å². The van der Waals surface area contributed by atoms with Crippen molar-refractivity contribution in [1.29, 1.82) is 5.26 Å². The van der Waals surface area contributed by atoms with E-state index in [1.54, 1.807) is 0 Å². The molecule has 0 fully saturated rings. The second-order valence-electron chi connectivity index (χ2n) is 6.04. The van der Waals surface area contributed by atoms with Gasteiger partial charge in [-0.25, -0.2) is 9.38 Å². The van der Waals surface area contributed by atoms with Crippen molar-refractivity contribution in [2.24, 2.45) is 4.99 Å². The summed E-state index contributed by atoms with van der Waals surface area (Å²) in [5.41, 5.74) is 3.01. The molecule has 2 N–H and O–H groups in total. The molecule has 0 spiro atoms. The number of guanidine groups is 1. The average Bonchev–Trinajstić information content (AvgIpc) is 2.95. The van der Waals surface area contributed by atoms with Crippen LogP contribution < -0.4 is 10.6 Å². The van der Waals surface area contributed by atoms with Crippen molar-refractivity contribution in [2.45, 2.75) is 40.3 Å². The third-order valence-electron chi connectivity index (χ3n) is 3.87. The highest BCUT2D eigenvalue weighted by atomic mass is 127. The standard InChI is InChI=1S/C19H25FN6.HI/c1-4-22-19(23-8-5-9-26-15(3)10-14(2)25-26)24-13-17-11-16(12-21)6-7-18(17)20;/h6-7,10-11H,4-5,8-9,13H2,1-3H3,(H2,22,23,24);1H. The zero-order chi connectivity index (χ0) is 18.9. The summed E-state index contributed by atoms with van der Waals surface area (Å²) in [6.07, 6.45) is 0.894. The number of rotatable bonds is 7. The molecule has 0 unspecified atom stereocenters. The second-order valence-corrected chi connectivity index (χ2v) is 6.04. The van der Waals surface area contributed by atoms with E-state index in [0.29, 0.717) is 23.6 Å². The Labute approximate surface area is 176 Å². The van der Waals surface area contributed by atoms with E-state index in [2.05, 4.69) is 26.8 Å². The van der Waals surface area contributed by atoms with Gasteiger partial charge < -0.3 is 10.6 Å². The van der Waals surface area contributed by atoms with Gasteiger partial charge in [-0.05, 0) is 51.5 Å². The van der Waals surface area contributed by atoms with Gasteiger partial charge in [-0.3, -0.25) is 4.68 Å². The van der Waals surface area contributed by atoms with E-state index in [0.717, 1.165) is 30.9 Å². The number of hydrogen-bond acceptors (Lipinski definition) is 3. The fourth-order valence-corrected chi connectivity index (χ4v) is 2.61. The lowest BCUT2D eigenvalue weighted by Crippen LogP contribution is -2.38. The summed E-state index contributed by atoms with van der Waals surface area (Å²) >= 11 is 0. The molecule has 2 rings (SSSR count). The van der Waals surface area contributed by atoms with Crippen LogP contribution in [-0.4, -0.2) is 28.8 Å². The van der Waals surface area contributed by atoms with Crippen LogP contribution in [0.3, 0.4) is 0 Å². The molecule has 146 valence electrons. The Bertz CT molecular complexity index is 809. The first-order valence-electron chi connectivity index (χ1n) is 8.75. The molecule has 0 aliphatic rings. The Morgan fingerprint density at radius 2 is 2.07 bits per heavy atom. The lowest BCUT2D eigenvalue weighted by molar-refractivity contribution is 0.555. The topological polar surface area (TPSA) is 78.0 Å². The number of aliphatic imine (C=N–C) groups is 1. The molecule has 0 radical (unpaired) electrons. The highest BCUT2D eigenvalue weighted by Gasteiger charge is 2.05. The molecule has 1 heterocycles. The molecule has 0 saturated carbocycles. The molecule has 1 aromatic carbocycles. The highest BCUT2D eigenvalue weighted by molar-refractivity contribution is 14.0. The van der Waals surface area contributed by atoms with Gasteiger partial charge in [-0.15, -0.1) is 24.0 Å². The fourth-order valence-electron chi connectivity index (χ4n) is 2.61. The van der Waals surface area contributed by atoms with E-state index in [1.807, 2.05) is 31.5 Å². The summed E-state index contributed by atoms with van der Waals surface area (Å²) in [4.78, 5) is 4.41. The number of halogens is 2. The van der Waals surface area contributed by atoms with E-state index < -0.39 is 0 Å². The molecule has 1 aromatic heterocycles. The van der Waals surface area contributed by atoms with Gasteiger partial charge in [0, 0.05) is 30.9 Å². The van der Waals surface area contributed by atoms with Crippen LogP contribution >= 0.6 is 24.0 Å². The molecule has 6 nitrogen and oxygen atoms in total. The van der Waals surface area contributed by atoms with Gasteiger partial charge in [-0.2, -0.15) is 10.4 Å². The summed E-state index contributed by atoms with van der Waals surface area (Å²) in [6, 6.07) is 8.37. The van der Waals surface area contributed by atoms with Crippen LogP contribution in [-0.2, 0) is 13.1 Å². The van der Waals surface area contributed by atoms with Crippen molar-refractivity contribution in [3.63, 3.8) is 0 Å². The number of hydrogen-bond donors (Lipinski definition) is 2. The number of aromatic nitrogens is 2. The molecule has 0 bridgehead atoms. The SMILES string of the molecule is CCNC(=NCc1cc(C#N)ccc1F)NCCCn1nc(C)cc1C.I. The van der Waals surface area contributed by atoms with Crippen LogP contribution in [0.1, 0.15) is 35.9 Å². The number of nitrogens with one attached hydrogen (secondary N) is 2. The lowest BCUT2D eigenvalue weighted by atomic mass is 10.1. The molecule has 0 atom stereocenters. The van der Waals surface area contributed by atoms with Crippen LogP contribution in [0.25, 0.3) is 0 Å². The van der Waals surface area contributed by atoms with E-state index in [9.17, 15) is 4.39 Å². The molecule has 27 heavy (non-hydrogen) atoms. The predicted octanol–water partition coefficient (Wildman–Crippen LogP) is 3.27. The van der Waals surface area contributed by atoms with E-state index in [1.165, 1.54) is 18.2 Å². The minimum atomic E-state index is -0.354. The monoisotopic (exact) mass is 484 g/mol. The first kappa shape index (κ1) is 22.9. The zero-order valence-corrected chi connectivity index (χ0v) is 18.3. The summed E-state index contributed by atoms with van der Waals surface area (Å²) in [5.74, 6) is 0.274. The smallest absolute Gasteiger partial charge is 0.191 e. The fraction of sp³-hybridized carbons (Fsp3) is 0.421. The van der Waals surface area contributed by atoms with Crippen LogP contribution in [0, 0.1) is 31.0 Å². The first-order valence-corrected chi connectivity index (χ1v) is 8.75. The van der Waals surface area contributed by atoms with Crippen molar-refractivity contribution < 1.29 is 4.39 Å². The minimum Gasteiger partial charge on any atom is -0.357 e. The maximum absolute atomic E-state index is 13.8. The first-order chi connectivity index (χ1) is 12.5. The Hall–Kier alpha value is -2.15. The van der Waals surface area contributed by atoms with Gasteiger partial charge in [0.05, 0.1) is 23.9 Å². The molecular formula is C19H26FIN6. The second kappa shape index (κ2) is 11.5. The quantitative estimate of drug-likeness (QED) is 0.274. The third kappa shape index (κ3) is 7.17. The molecule has 8 heteroatoms. The predicted molar refractivity (Wildman–Crippen MR) is 116 cm³/mol. The molecule has 0 saturated heterocycles. The van der Waals surface area contributed by atoms with Gasteiger partial charge in [0.1, 0.15) is 5.82 Å². The highest BCUT2D eigenvalue weighted by Crippen LogP contribution is 2.11. The number of nitrogens with zero attached hydrogens (tertiary/aromatic N) is 4. The molecule has 2 aromatic rings. The lowest BCUT2D eigenvalue weighted by Gasteiger charge is -2.12. The van der Waals surface area contributed by atoms with Crippen molar-refractivity contribution >= 4 is 29.9 Å². The minimum absolute atomic E-state index is 0. The molecule has 0 aliphatic heterocycles. The van der Waals surface area contributed by atoms with Gasteiger partial charge in [0.2, 0.25) is 0 Å². The van der Waals surface area contributed by atoms with Gasteiger partial charge in [0.25, 0.3) is 0 Å². The number of nitriles is 1. The largest absolute Gasteiger partial charge is 0.357 e. The summed E-state index contributed by atoms with van der Waals surface area (Å²) in [5, 5.41) is 19.8. The number of benzene rings is 1. The summed E-state index contributed by atoms with van der Waals surface area (Å²) < 4.78 is 15.8. The summed E-state index contributed by atoms with van der Waals surface area (Å²) in [7, 11) is 0. The molecular weight excluding hydrogens is 458 g/mol. The van der Waals surface area contributed by atoms with Crippen LogP contribution in [0.2, 0.25) is 0 Å². The van der Waals surface area contributed by atoms with E-state index in [-0.39, 0.29) is 36.3 Å². The van der Waals surface area contributed by atoms with E-state index in [4.69, 9.17) is 5.26 Å². The maximum Gasteiger partial charge on any atom is 0.191 e. The van der Waals surface area contributed by atoms with Crippen LogP contribution in [0.15, 0.2) is 29.3 Å². The summed E-state index contributed by atoms with van der Waals surface area (Å²) in [6.45, 7) is 8.44. The molecule has 0 amide bonds. The van der Waals surface area contributed by atoms with Gasteiger partial charge >= 0.3 is 0 Å². The van der Waals surface area contributed by atoms with Crippen LogP contribution in [0.4, 0.5) is 4.39 Å². The Balaban J connectivity index is 0.00000364. The Morgan fingerprint density at radius 1 is 1.30 bits per heavy atom. The Morgan fingerprint density at radius 3 is 2.70 bits per heavy atom. The maximum atomic E-state index is 13.8. The third-order valence-corrected chi connectivity index (χ3v) is 3.87. The van der Waals surface area contributed by atoms with Gasteiger partial charge in [0.15, 0.2) is 5.96 Å². The Kier molecular flexibility index (Phi) is 9.78. The molecule has 0 aliphatic carbocycles. The normalized spacial score (nSPS) is 10.9. The van der Waals surface area contributed by atoms with E-state index >= 15 is 0 Å². The zero-order valence-electron chi connectivity index (χ0n) is 15.9. The van der Waals surface area contributed by atoms with Crippen LogP contribution in [0.5, 0.6) is 0 Å². The average molecular weight is 484 g/mol. The van der Waals surface area contributed by atoms with Crippen molar-refractivity contribution in [1.82, 2.24) is 20.4 Å². The van der Waals surface area contributed by atoms with Gasteiger partial charge in [-0.1, -0.05) is 0 Å². The van der Waals surface area contributed by atoms with Crippen molar-refractivity contribution in [3.05, 3.63) is 52.6 Å². The number of aryl methyl sites for hydroxylation is 3.